The molecule has 172 valence electrons. The van der Waals surface area contributed by atoms with Crippen LogP contribution in [0.3, 0.4) is 0 Å². The molecule has 1 aliphatic heterocycles. The van der Waals surface area contributed by atoms with Crippen molar-refractivity contribution in [2.45, 2.75) is 22.5 Å². The number of carbonyl (C=O) groups excluding carboxylic acids is 1. The highest BCUT2D eigenvalue weighted by Crippen LogP contribution is 2.59. The van der Waals surface area contributed by atoms with E-state index in [1.807, 2.05) is 18.8 Å². The van der Waals surface area contributed by atoms with Crippen LogP contribution in [0.15, 0.2) is 65.6 Å². The number of carbonyl (C=O) groups is 1. The third kappa shape index (κ3) is 5.64. The number of thioether (sulfide) groups is 1. The van der Waals surface area contributed by atoms with Crippen molar-refractivity contribution < 1.29 is 9.53 Å². The molecule has 2 aliphatic rings. The molecule has 0 radical (unpaired) electrons. The molecule has 0 unspecified atom stereocenters. The summed E-state index contributed by atoms with van der Waals surface area (Å²) in [5.74, 6) is 1.81. The summed E-state index contributed by atoms with van der Waals surface area (Å²) in [4.78, 5) is 22.2. The molecule has 0 bridgehead atoms. The number of aromatic nitrogens is 2. The van der Waals surface area contributed by atoms with Gasteiger partial charge in [-0.1, -0.05) is 18.2 Å². The van der Waals surface area contributed by atoms with E-state index in [9.17, 15) is 0 Å². The molecule has 3 aromatic rings. The van der Waals surface area contributed by atoms with E-state index in [0.717, 1.165) is 67.7 Å². The molecular weight excluding hydrogens is 434 g/mol. The number of anilines is 2. The topological polar surface area (TPSA) is 93.4 Å². The van der Waals surface area contributed by atoms with Crippen molar-refractivity contribution in [3.05, 3.63) is 66.4 Å². The van der Waals surface area contributed by atoms with Crippen LogP contribution in [0.25, 0.3) is 11.4 Å². The zero-order valence-electron chi connectivity index (χ0n) is 18.7. The Morgan fingerprint density at radius 1 is 1.06 bits per heavy atom. The summed E-state index contributed by atoms with van der Waals surface area (Å²) in [5.41, 5.74) is 7.44. The minimum absolute atomic E-state index is 0.0466. The number of hydrogen-bond donors (Lipinski definition) is 2. The summed E-state index contributed by atoms with van der Waals surface area (Å²) < 4.78 is 5.60. The molecule has 1 saturated carbocycles. The number of primary amides is 1. The van der Waals surface area contributed by atoms with Crippen molar-refractivity contribution >= 4 is 29.7 Å². The molecule has 0 atom stereocenters. The van der Waals surface area contributed by atoms with Crippen LogP contribution >= 0.6 is 11.8 Å². The van der Waals surface area contributed by atoms with E-state index in [2.05, 4.69) is 76.6 Å². The van der Waals surface area contributed by atoms with Gasteiger partial charge in [-0.05, 0) is 49.2 Å². The average Bonchev–Trinajstić information content (AvgIpc) is 3.66. The second-order valence-corrected chi connectivity index (χ2v) is 9.36. The van der Waals surface area contributed by atoms with Gasteiger partial charge in [0.2, 0.25) is 6.41 Å². The van der Waals surface area contributed by atoms with Gasteiger partial charge >= 0.3 is 0 Å². The van der Waals surface area contributed by atoms with E-state index in [-0.39, 0.29) is 11.2 Å². The van der Waals surface area contributed by atoms with Crippen LogP contribution in [0.5, 0.6) is 0 Å². The molecule has 2 fully saturated rings. The SMILES string of the molecule is CNc1ccc(-c2nc(N3CCOCC3)cc(C3(Sc4ccccc4)CC3)n2)cc1.NC=O. The molecule has 1 amide bonds. The molecule has 1 aromatic heterocycles. The summed E-state index contributed by atoms with van der Waals surface area (Å²) in [6.45, 7) is 3.23. The molecular formula is C25H29N5O2S. The molecule has 2 heterocycles. The number of amides is 1. The van der Waals surface area contributed by atoms with Crippen LogP contribution in [-0.4, -0.2) is 49.7 Å². The first kappa shape index (κ1) is 23.1. The van der Waals surface area contributed by atoms with E-state index in [4.69, 9.17) is 19.5 Å². The number of nitrogens with zero attached hydrogens (tertiary/aromatic N) is 3. The Bertz CT molecular complexity index is 1050. The van der Waals surface area contributed by atoms with E-state index in [1.54, 1.807) is 0 Å². The van der Waals surface area contributed by atoms with Crippen LogP contribution in [-0.2, 0) is 14.3 Å². The second kappa shape index (κ2) is 10.7. The number of ether oxygens (including phenoxy) is 1. The molecule has 2 aromatic carbocycles. The van der Waals surface area contributed by atoms with Crippen LogP contribution in [0.1, 0.15) is 18.5 Å². The first-order valence-electron chi connectivity index (χ1n) is 11.1. The van der Waals surface area contributed by atoms with Gasteiger partial charge in [-0.25, -0.2) is 9.97 Å². The van der Waals surface area contributed by atoms with Crippen LogP contribution in [0.4, 0.5) is 11.5 Å². The van der Waals surface area contributed by atoms with Crippen molar-refractivity contribution in [1.82, 2.24) is 9.97 Å². The van der Waals surface area contributed by atoms with Gasteiger partial charge in [0.15, 0.2) is 5.82 Å². The summed E-state index contributed by atoms with van der Waals surface area (Å²) in [6, 6.07) is 21.2. The fourth-order valence-electron chi connectivity index (χ4n) is 3.78. The van der Waals surface area contributed by atoms with Crippen molar-refractivity contribution in [2.24, 2.45) is 5.73 Å². The summed E-state index contributed by atoms with van der Waals surface area (Å²) in [7, 11) is 1.93. The second-order valence-electron chi connectivity index (χ2n) is 7.91. The summed E-state index contributed by atoms with van der Waals surface area (Å²) in [5, 5.41) is 3.18. The van der Waals surface area contributed by atoms with Crippen molar-refractivity contribution in [1.29, 1.82) is 0 Å². The third-order valence-electron chi connectivity index (χ3n) is 5.71. The quantitative estimate of drug-likeness (QED) is 0.536. The Morgan fingerprint density at radius 2 is 1.73 bits per heavy atom. The molecule has 1 saturated heterocycles. The first-order valence-corrected chi connectivity index (χ1v) is 11.9. The van der Waals surface area contributed by atoms with Gasteiger partial charge in [0.1, 0.15) is 5.82 Å². The van der Waals surface area contributed by atoms with Gasteiger partial charge in [-0.15, -0.1) is 11.8 Å². The smallest absolute Gasteiger partial charge is 0.204 e. The van der Waals surface area contributed by atoms with Crippen molar-refractivity contribution in [3.8, 4) is 11.4 Å². The lowest BCUT2D eigenvalue weighted by Crippen LogP contribution is -2.37. The largest absolute Gasteiger partial charge is 0.388 e. The van der Waals surface area contributed by atoms with Crippen molar-refractivity contribution in [2.75, 3.05) is 43.6 Å². The standard InChI is InChI=1S/C24H26N4OS.CH3NO/c1-25-19-9-7-18(8-10-19)23-26-21(17-22(27-23)28-13-15-29-16-14-28)24(11-12-24)30-20-5-3-2-4-6-20;2-1-3/h2-10,17,25H,11-16H2,1H3;1H,(H2,2,3). The number of rotatable bonds is 6. The van der Waals surface area contributed by atoms with Crippen molar-refractivity contribution in [3.63, 3.8) is 0 Å². The van der Waals surface area contributed by atoms with Gasteiger partial charge in [-0.2, -0.15) is 0 Å². The van der Waals surface area contributed by atoms with Gasteiger partial charge in [0.05, 0.1) is 23.7 Å². The Balaban J connectivity index is 0.000000821. The Morgan fingerprint density at radius 3 is 2.33 bits per heavy atom. The molecule has 7 nitrogen and oxygen atoms in total. The molecule has 33 heavy (non-hydrogen) atoms. The lowest BCUT2D eigenvalue weighted by Gasteiger charge is -2.29. The zero-order chi connectivity index (χ0) is 23.1. The maximum Gasteiger partial charge on any atom is 0.204 e. The highest BCUT2D eigenvalue weighted by Gasteiger charge is 2.47. The van der Waals surface area contributed by atoms with E-state index in [0.29, 0.717) is 0 Å². The fraction of sp³-hybridized carbons (Fsp3) is 0.320. The molecule has 1 aliphatic carbocycles. The summed E-state index contributed by atoms with van der Waals surface area (Å²) in [6.07, 6.45) is 2.54. The highest BCUT2D eigenvalue weighted by atomic mass is 32.2. The zero-order valence-corrected chi connectivity index (χ0v) is 19.6. The number of nitrogens with one attached hydrogen (secondary N) is 1. The number of benzene rings is 2. The Hall–Kier alpha value is -3.10. The van der Waals surface area contributed by atoms with Crippen LogP contribution < -0.4 is 16.0 Å². The van der Waals surface area contributed by atoms with Gasteiger partial charge < -0.3 is 20.7 Å². The Labute approximate surface area is 198 Å². The maximum absolute atomic E-state index is 8.58. The molecule has 8 heteroatoms. The maximum atomic E-state index is 8.58. The van der Waals surface area contributed by atoms with Gasteiger partial charge in [0, 0.05) is 42.3 Å². The fourth-order valence-corrected chi connectivity index (χ4v) is 5.04. The van der Waals surface area contributed by atoms with Gasteiger partial charge in [-0.3, -0.25) is 4.79 Å². The lowest BCUT2D eigenvalue weighted by atomic mass is 10.1. The number of nitrogens with two attached hydrogens (primary N) is 1. The average molecular weight is 464 g/mol. The molecule has 3 N–H and O–H groups in total. The monoisotopic (exact) mass is 463 g/mol. The lowest BCUT2D eigenvalue weighted by molar-refractivity contribution is -0.106. The molecule has 5 rings (SSSR count). The highest BCUT2D eigenvalue weighted by molar-refractivity contribution is 8.00. The minimum Gasteiger partial charge on any atom is -0.388 e. The normalized spacial score (nSPS) is 16.3. The van der Waals surface area contributed by atoms with E-state index >= 15 is 0 Å². The number of morpholine rings is 1. The third-order valence-corrected chi connectivity index (χ3v) is 7.22. The van der Waals surface area contributed by atoms with E-state index < -0.39 is 0 Å². The predicted octanol–water partition coefficient (Wildman–Crippen LogP) is 3.90. The number of hydrogen-bond acceptors (Lipinski definition) is 7. The Kier molecular flexibility index (Phi) is 7.47. The minimum atomic E-state index is 0.0466. The van der Waals surface area contributed by atoms with Gasteiger partial charge in [0.25, 0.3) is 0 Å². The first-order chi connectivity index (χ1) is 16.2. The van der Waals surface area contributed by atoms with Crippen LogP contribution in [0, 0.1) is 0 Å². The molecule has 0 spiro atoms. The predicted molar refractivity (Wildman–Crippen MR) is 134 cm³/mol. The van der Waals surface area contributed by atoms with E-state index in [1.165, 1.54) is 4.90 Å². The van der Waals surface area contributed by atoms with Crippen LogP contribution in [0.2, 0.25) is 0 Å². The summed E-state index contributed by atoms with van der Waals surface area (Å²) >= 11 is 1.93.